The number of ether oxygens (including phenoxy) is 2. The lowest BCUT2D eigenvalue weighted by molar-refractivity contribution is 0.311. The van der Waals surface area contributed by atoms with Crippen LogP contribution in [0.4, 0.5) is 5.82 Å². The van der Waals surface area contributed by atoms with Gasteiger partial charge in [-0.1, -0.05) is 0 Å². The van der Waals surface area contributed by atoms with Gasteiger partial charge >= 0.3 is 0 Å². The van der Waals surface area contributed by atoms with Crippen LogP contribution in [-0.2, 0) is 0 Å². The van der Waals surface area contributed by atoms with E-state index in [2.05, 4.69) is 15.5 Å². The van der Waals surface area contributed by atoms with E-state index in [1.807, 2.05) is 25.1 Å². The fraction of sp³-hybridized carbons (Fsp3) is 0.214. The highest BCUT2D eigenvalue weighted by molar-refractivity contribution is 5.64. The lowest BCUT2D eigenvalue weighted by Crippen LogP contribution is -1.97. The van der Waals surface area contributed by atoms with Gasteiger partial charge in [0.05, 0.1) is 19.4 Å². The van der Waals surface area contributed by atoms with Crippen LogP contribution in [0, 0.1) is 11.5 Å². The number of hydrogen-bond acceptors (Lipinski definition) is 6. The van der Waals surface area contributed by atoms with Crippen molar-refractivity contribution in [2.45, 2.75) is 6.92 Å². The molecule has 0 aliphatic rings. The third-order valence-corrected chi connectivity index (χ3v) is 2.61. The van der Waals surface area contributed by atoms with Gasteiger partial charge in [-0.2, -0.15) is 5.26 Å². The number of aromatic nitrogens is 2. The molecule has 2 rings (SSSR count). The van der Waals surface area contributed by atoms with Gasteiger partial charge in [-0.25, -0.2) is 0 Å². The standard InChI is InChI=1S/C14H14N4O2/c1-3-20-12-6-4-10(8-13(12)19-2)11-5-7-14(16-9-15)18-17-11/h4-8H,3H2,1-2H3,(H,16,18). The van der Waals surface area contributed by atoms with E-state index in [4.69, 9.17) is 14.7 Å². The van der Waals surface area contributed by atoms with Crippen LogP contribution in [0.2, 0.25) is 0 Å². The Morgan fingerprint density at radius 3 is 2.65 bits per heavy atom. The Labute approximate surface area is 117 Å². The van der Waals surface area contributed by atoms with Crippen LogP contribution in [0.15, 0.2) is 30.3 Å². The number of hydrogen-bond donors (Lipinski definition) is 1. The lowest BCUT2D eigenvalue weighted by Gasteiger charge is -2.10. The summed E-state index contributed by atoms with van der Waals surface area (Å²) in [6, 6.07) is 9.03. The molecule has 6 heteroatoms. The summed E-state index contributed by atoms with van der Waals surface area (Å²) in [5.74, 6) is 1.74. The third-order valence-electron chi connectivity index (χ3n) is 2.61. The Morgan fingerprint density at radius 1 is 1.20 bits per heavy atom. The average molecular weight is 270 g/mol. The van der Waals surface area contributed by atoms with Crippen molar-refractivity contribution in [3.63, 3.8) is 0 Å². The third kappa shape index (κ3) is 2.95. The number of rotatable bonds is 5. The molecular formula is C14H14N4O2. The molecule has 0 saturated heterocycles. The van der Waals surface area contributed by atoms with Crippen molar-refractivity contribution in [2.24, 2.45) is 0 Å². The quantitative estimate of drug-likeness (QED) is 0.664. The molecule has 0 bridgehead atoms. The molecule has 0 unspecified atom stereocenters. The maximum atomic E-state index is 8.50. The van der Waals surface area contributed by atoms with Crippen LogP contribution in [0.1, 0.15) is 6.92 Å². The molecule has 102 valence electrons. The SMILES string of the molecule is CCOc1ccc(-c2ccc(NC#N)nn2)cc1OC. The smallest absolute Gasteiger partial charge is 0.182 e. The van der Waals surface area contributed by atoms with Gasteiger partial charge in [-0.05, 0) is 37.3 Å². The average Bonchev–Trinajstić information content (AvgIpc) is 2.49. The van der Waals surface area contributed by atoms with Crippen LogP contribution in [0.25, 0.3) is 11.3 Å². The molecule has 6 nitrogen and oxygen atoms in total. The highest BCUT2D eigenvalue weighted by atomic mass is 16.5. The molecule has 1 aromatic heterocycles. The minimum Gasteiger partial charge on any atom is -0.493 e. The van der Waals surface area contributed by atoms with Crippen LogP contribution < -0.4 is 14.8 Å². The first-order chi connectivity index (χ1) is 9.78. The summed E-state index contributed by atoms with van der Waals surface area (Å²) in [5, 5.41) is 18.9. The zero-order valence-electron chi connectivity index (χ0n) is 11.3. The predicted molar refractivity (Wildman–Crippen MR) is 74.4 cm³/mol. The first-order valence-corrected chi connectivity index (χ1v) is 6.08. The summed E-state index contributed by atoms with van der Waals surface area (Å²) in [5.41, 5.74) is 1.55. The van der Waals surface area contributed by atoms with Gasteiger partial charge < -0.3 is 9.47 Å². The van der Waals surface area contributed by atoms with Gasteiger partial charge in [-0.3, -0.25) is 5.32 Å². The second kappa shape index (κ2) is 6.38. The van der Waals surface area contributed by atoms with E-state index < -0.39 is 0 Å². The van der Waals surface area contributed by atoms with E-state index in [-0.39, 0.29) is 0 Å². The molecule has 1 heterocycles. The number of nitrogens with one attached hydrogen (secondary N) is 1. The van der Waals surface area contributed by atoms with Gasteiger partial charge in [0.2, 0.25) is 0 Å². The van der Waals surface area contributed by atoms with Gasteiger partial charge in [0.1, 0.15) is 0 Å². The monoisotopic (exact) mass is 270 g/mol. The molecule has 0 aliphatic carbocycles. The van der Waals surface area contributed by atoms with Crippen LogP contribution in [0.5, 0.6) is 11.5 Å². The molecule has 1 aromatic carbocycles. The van der Waals surface area contributed by atoms with E-state index >= 15 is 0 Å². The topological polar surface area (TPSA) is 80.1 Å². The summed E-state index contributed by atoms with van der Waals surface area (Å²) >= 11 is 0. The first kappa shape index (κ1) is 13.6. The molecule has 0 fully saturated rings. The van der Waals surface area contributed by atoms with Gasteiger partial charge in [-0.15, -0.1) is 10.2 Å². The number of methoxy groups -OCH3 is 1. The fourth-order valence-corrected chi connectivity index (χ4v) is 1.71. The first-order valence-electron chi connectivity index (χ1n) is 6.08. The largest absolute Gasteiger partial charge is 0.493 e. The number of nitrogens with zero attached hydrogens (tertiary/aromatic N) is 3. The van der Waals surface area contributed by atoms with Gasteiger partial charge in [0, 0.05) is 5.56 Å². The molecular weight excluding hydrogens is 256 g/mol. The Morgan fingerprint density at radius 2 is 2.05 bits per heavy atom. The van der Waals surface area contributed by atoms with Crippen molar-refractivity contribution in [1.82, 2.24) is 10.2 Å². The van der Waals surface area contributed by atoms with Crippen molar-refractivity contribution in [3.8, 4) is 28.9 Å². The maximum Gasteiger partial charge on any atom is 0.182 e. The highest BCUT2D eigenvalue weighted by Gasteiger charge is 2.08. The van der Waals surface area contributed by atoms with E-state index in [0.29, 0.717) is 29.6 Å². The van der Waals surface area contributed by atoms with Crippen molar-refractivity contribution >= 4 is 5.82 Å². The van der Waals surface area contributed by atoms with E-state index in [1.54, 1.807) is 25.4 Å². The summed E-state index contributed by atoms with van der Waals surface area (Å²) in [6.45, 7) is 2.49. The van der Waals surface area contributed by atoms with Crippen LogP contribution in [-0.4, -0.2) is 23.9 Å². The molecule has 2 aromatic rings. The highest BCUT2D eigenvalue weighted by Crippen LogP contribution is 2.31. The second-order valence-corrected chi connectivity index (χ2v) is 3.84. The van der Waals surface area contributed by atoms with Gasteiger partial charge in [0.25, 0.3) is 0 Å². The summed E-state index contributed by atoms with van der Waals surface area (Å²) < 4.78 is 10.8. The van der Waals surface area contributed by atoms with Crippen LogP contribution in [0.3, 0.4) is 0 Å². The van der Waals surface area contributed by atoms with E-state index in [0.717, 1.165) is 5.56 Å². The Kier molecular flexibility index (Phi) is 4.35. The van der Waals surface area contributed by atoms with Crippen molar-refractivity contribution in [2.75, 3.05) is 19.0 Å². The number of anilines is 1. The molecule has 1 N–H and O–H groups in total. The fourth-order valence-electron chi connectivity index (χ4n) is 1.71. The molecule has 0 radical (unpaired) electrons. The molecule has 0 spiro atoms. The number of nitriles is 1. The summed E-state index contributed by atoms with van der Waals surface area (Å²) in [6.07, 6.45) is 1.79. The lowest BCUT2D eigenvalue weighted by atomic mass is 10.1. The zero-order valence-corrected chi connectivity index (χ0v) is 11.3. The minimum atomic E-state index is 0.411. The van der Waals surface area contributed by atoms with E-state index in [1.165, 1.54) is 0 Å². The molecule has 0 atom stereocenters. The predicted octanol–water partition coefficient (Wildman–Crippen LogP) is 2.44. The van der Waals surface area contributed by atoms with Crippen molar-refractivity contribution < 1.29 is 9.47 Å². The zero-order chi connectivity index (χ0) is 14.4. The van der Waals surface area contributed by atoms with Crippen molar-refractivity contribution in [3.05, 3.63) is 30.3 Å². The minimum absolute atomic E-state index is 0.411. The molecule has 0 aliphatic heterocycles. The van der Waals surface area contributed by atoms with E-state index in [9.17, 15) is 0 Å². The Balaban J connectivity index is 2.30. The Hall–Kier alpha value is -2.81. The normalized spacial score (nSPS) is 9.65. The molecule has 0 amide bonds. The summed E-state index contributed by atoms with van der Waals surface area (Å²) in [7, 11) is 1.59. The molecule has 20 heavy (non-hydrogen) atoms. The van der Waals surface area contributed by atoms with Gasteiger partial charge in [0.15, 0.2) is 23.5 Å². The van der Waals surface area contributed by atoms with Crippen LogP contribution >= 0.6 is 0 Å². The summed E-state index contributed by atoms with van der Waals surface area (Å²) in [4.78, 5) is 0. The number of benzene rings is 1. The van der Waals surface area contributed by atoms with Crippen molar-refractivity contribution in [1.29, 1.82) is 5.26 Å². The maximum absolute atomic E-state index is 8.50. The molecule has 0 saturated carbocycles. The second-order valence-electron chi connectivity index (χ2n) is 3.84. The Bertz CT molecular complexity index is 620.